The van der Waals surface area contributed by atoms with Gasteiger partial charge in [0.2, 0.25) is 0 Å². The number of amides is 1. The van der Waals surface area contributed by atoms with Crippen LogP contribution in [0, 0.1) is 5.82 Å². The van der Waals surface area contributed by atoms with E-state index in [1.165, 1.54) is 28.4 Å². The minimum atomic E-state index is -0.375. The number of amidine groups is 1. The molecule has 4 nitrogen and oxygen atoms in total. The molecule has 1 aliphatic rings. The fourth-order valence-corrected chi connectivity index (χ4v) is 5.18. The van der Waals surface area contributed by atoms with Gasteiger partial charge in [-0.25, -0.2) is 9.38 Å². The van der Waals surface area contributed by atoms with Crippen LogP contribution >= 0.6 is 22.9 Å². The molecule has 0 atom stereocenters. The molecule has 0 unspecified atom stereocenters. The number of anilines is 2. The van der Waals surface area contributed by atoms with Crippen molar-refractivity contribution in [3.05, 3.63) is 99.8 Å². The summed E-state index contributed by atoms with van der Waals surface area (Å²) >= 11 is 8.20. The van der Waals surface area contributed by atoms with Crippen molar-refractivity contribution in [1.29, 1.82) is 0 Å². The normalized spacial score (nSPS) is 14.9. The van der Waals surface area contributed by atoms with Crippen LogP contribution in [0.5, 0.6) is 0 Å². The molecule has 1 aliphatic heterocycles. The van der Waals surface area contributed by atoms with Gasteiger partial charge >= 0.3 is 0 Å². The Kier molecular flexibility index (Phi) is 5.48. The molecule has 164 valence electrons. The maximum absolute atomic E-state index is 13.6. The molecule has 0 aliphatic carbocycles. The van der Waals surface area contributed by atoms with Crippen LogP contribution in [0.3, 0.4) is 0 Å². The molecule has 0 radical (unpaired) electrons. The summed E-state index contributed by atoms with van der Waals surface area (Å²) in [6.07, 6.45) is 1.76. The topological polar surface area (TPSA) is 35.9 Å². The van der Waals surface area contributed by atoms with Gasteiger partial charge in [-0.05, 0) is 54.1 Å². The van der Waals surface area contributed by atoms with Crippen molar-refractivity contribution in [3.63, 3.8) is 0 Å². The highest BCUT2D eigenvalue weighted by molar-refractivity contribution is 7.21. The Morgan fingerprint density at radius 2 is 1.70 bits per heavy atom. The van der Waals surface area contributed by atoms with Gasteiger partial charge in [-0.3, -0.25) is 9.69 Å². The average Bonchev–Trinajstić information content (AvgIpc) is 3.32. The standard InChI is InChI=1S/C26H19ClFN3OS/c1-30(2)18-11-7-16(8-12-18)15-21-26(32)31(19-13-9-17(28)10-14-19)25(29-21)24-23(27)20-5-3-4-6-22(20)33-24/h3-15H,1-2H3/b21-15+. The molecule has 0 N–H and O–H groups in total. The lowest BCUT2D eigenvalue weighted by atomic mass is 10.1. The minimum Gasteiger partial charge on any atom is -0.378 e. The Hall–Kier alpha value is -3.48. The third kappa shape index (κ3) is 3.92. The van der Waals surface area contributed by atoms with Gasteiger partial charge in [0.15, 0.2) is 5.84 Å². The Morgan fingerprint density at radius 3 is 2.36 bits per heavy atom. The fraction of sp³-hybridized carbons (Fsp3) is 0.0769. The molecular formula is C26H19ClFN3OS. The number of fused-ring (bicyclic) bond motifs is 1. The van der Waals surface area contributed by atoms with Gasteiger partial charge < -0.3 is 4.90 Å². The summed E-state index contributed by atoms with van der Waals surface area (Å²) in [7, 11) is 3.94. The first kappa shape index (κ1) is 21.4. The Balaban J connectivity index is 1.64. The Labute approximate surface area is 199 Å². The van der Waals surface area contributed by atoms with Crippen LogP contribution in [-0.4, -0.2) is 25.8 Å². The van der Waals surface area contributed by atoms with Crippen LogP contribution in [0.2, 0.25) is 5.02 Å². The van der Waals surface area contributed by atoms with Crippen LogP contribution < -0.4 is 9.80 Å². The highest BCUT2D eigenvalue weighted by Gasteiger charge is 2.35. The summed E-state index contributed by atoms with van der Waals surface area (Å²) in [4.78, 5) is 22.4. The number of carbonyl (C=O) groups is 1. The van der Waals surface area contributed by atoms with E-state index in [-0.39, 0.29) is 11.7 Å². The first-order valence-electron chi connectivity index (χ1n) is 10.3. The number of nitrogens with zero attached hydrogens (tertiary/aromatic N) is 3. The lowest BCUT2D eigenvalue weighted by molar-refractivity contribution is -0.113. The molecule has 0 bridgehead atoms. The Bertz CT molecular complexity index is 1420. The fourth-order valence-electron chi connectivity index (χ4n) is 3.68. The zero-order chi connectivity index (χ0) is 23.1. The third-order valence-electron chi connectivity index (χ3n) is 5.40. The molecule has 2 heterocycles. The largest absolute Gasteiger partial charge is 0.378 e. The van der Waals surface area contributed by atoms with Crippen molar-refractivity contribution in [2.24, 2.45) is 4.99 Å². The van der Waals surface area contributed by atoms with Crippen molar-refractivity contribution < 1.29 is 9.18 Å². The predicted octanol–water partition coefficient (Wildman–Crippen LogP) is 6.59. The van der Waals surface area contributed by atoms with E-state index < -0.39 is 0 Å². The molecule has 3 aromatic carbocycles. The second-order valence-electron chi connectivity index (χ2n) is 7.81. The van der Waals surface area contributed by atoms with Crippen LogP contribution in [0.15, 0.2) is 83.5 Å². The van der Waals surface area contributed by atoms with Crippen molar-refractivity contribution in [2.75, 3.05) is 23.9 Å². The molecular weight excluding hydrogens is 457 g/mol. The number of aliphatic imine (C=N–C) groups is 1. The zero-order valence-electron chi connectivity index (χ0n) is 17.9. The van der Waals surface area contributed by atoms with Crippen LogP contribution in [-0.2, 0) is 4.79 Å². The molecule has 0 spiro atoms. The second-order valence-corrected chi connectivity index (χ2v) is 9.24. The van der Waals surface area contributed by atoms with E-state index in [2.05, 4.69) is 0 Å². The van der Waals surface area contributed by atoms with Gasteiger partial charge in [0, 0.05) is 29.9 Å². The predicted molar refractivity (Wildman–Crippen MR) is 136 cm³/mol. The molecule has 4 aromatic rings. The van der Waals surface area contributed by atoms with E-state index in [0.717, 1.165) is 21.3 Å². The monoisotopic (exact) mass is 475 g/mol. The van der Waals surface area contributed by atoms with E-state index in [4.69, 9.17) is 16.6 Å². The molecule has 7 heteroatoms. The van der Waals surface area contributed by atoms with Gasteiger partial charge in [0.05, 0.1) is 15.6 Å². The van der Waals surface area contributed by atoms with Gasteiger partial charge in [0.25, 0.3) is 5.91 Å². The number of rotatable bonds is 4. The smallest absolute Gasteiger partial charge is 0.282 e. The Morgan fingerprint density at radius 1 is 1.00 bits per heavy atom. The maximum atomic E-state index is 13.6. The number of halogens is 2. The van der Waals surface area contributed by atoms with E-state index >= 15 is 0 Å². The van der Waals surface area contributed by atoms with Crippen molar-refractivity contribution in [2.45, 2.75) is 0 Å². The number of benzene rings is 3. The van der Waals surface area contributed by atoms with Crippen LogP contribution in [0.25, 0.3) is 16.2 Å². The number of thiophene rings is 1. The lowest BCUT2D eigenvalue weighted by Gasteiger charge is -2.17. The first-order valence-corrected chi connectivity index (χ1v) is 11.5. The summed E-state index contributed by atoms with van der Waals surface area (Å²) < 4.78 is 14.6. The van der Waals surface area contributed by atoms with Gasteiger partial charge in [-0.1, -0.05) is 41.9 Å². The van der Waals surface area contributed by atoms with Crippen molar-refractivity contribution in [1.82, 2.24) is 0 Å². The van der Waals surface area contributed by atoms with E-state index in [1.54, 1.807) is 18.2 Å². The van der Waals surface area contributed by atoms with Crippen molar-refractivity contribution >= 4 is 62.2 Å². The minimum absolute atomic E-state index is 0.290. The summed E-state index contributed by atoms with van der Waals surface area (Å²) in [5.41, 5.74) is 2.74. The second kappa shape index (κ2) is 8.46. The number of carbonyl (C=O) groups excluding carboxylic acids is 1. The summed E-state index contributed by atoms with van der Waals surface area (Å²) in [6.45, 7) is 0. The van der Waals surface area contributed by atoms with Crippen molar-refractivity contribution in [3.8, 4) is 0 Å². The van der Waals surface area contributed by atoms with E-state index in [9.17, 15) is 9.18 Å². The highest BCUT2D eigenvalue weighted by atomic mass is 35.5. The SMILES string of the molecule is CN(C)c1ccc(/C=C2/N=C(c3sc4ccccc4c3Cl)N(c3ccc(F)cc3)C2=O)cc1. The molecule has 0 saturated heterocycles. The first-order chi connectivity index (χ1) is 15.9. The molecule has 0 saturated carbocycles. The van der Waals surface area contributed by atoms with Gasteiger partial charge in [-0.15, -0.1) is 11.3 Å². The molecule has 1 aromatic heterocycles. The molecule has 1 amide bonds. The number of hydrogen-bond donors (Lipinski definition) is 0. The summed E-state index contributed by atoms with van der Waals surface area (Å²) in [5.74, 6) is -0.226. The van der Waals surface area contributed by atoms with E-state index in [0.29, 0.717) is 27.1 Å². The summed E-state index contributed by atoms with van der Waals surface area (Å²) in [6, 6.07) is 21.4. The summed E-state index contributed by atoms with van der Waals surface area (Å²) in [5, 5.41) is 1.45. The molecule has 0 fully saturated rings. The quantitative estimate of drug-likeness (QED) is 0.312. The number of hydrogen-bond acceptors (Lipinski definition) is 4. The zero-order valence-corrected chi connectivity index (χ0v) is 19.5. The molecule has 5 rings (SSSR count). The lowest BCUT2D eigenvalue weighted by Crippen LogP contribution is -2.32. The van der Waals surface area contributed by atoms with Gasteiger partial charge in [-0.2, -0.15) is 0 Å². The van der Waals surface area contributed by atoms with E-state index in [1.807, 2.05) is 67.5 Å². The third-order valence-corrected chi connectivity index (χ3v) is 7.07. The van der Waals surface area contributed by atoms with Crippen LogP contribution in [0.4, 0.5) is 15.8 Å². The maximum Gasteiger partial charge on any atom is 0.282 e. The van der Waals surface area contributed by atoms with Gasteiger partial charge in [0.1, 0.15) is 11.5 Å². The van der Waals surface area contributed by atoms with Crippen LogP contribution in [0.1, 0.15) is 10.4 Å². The molecule has 33 heavy (non-hydrogen) atoms. The highest BCUT2D eigenvalue weighted by Crippen LogP contribution is 2.39. The average molecular weight is 476 g/mol.